The van der Waals surface area contributed by atoms with Crippen LogP contribution in [-0.4, -0.2) is 15.4 Å². The summed E-state index contributed by atoms with van der Waals surface area (Å²) in [4.78, 5) is 27.4. The molecule has 0 bridgehead atoms. The van der Waals surface area contributed by atoms with Gasteiger partial charge in [-0.3, -0.25) is 9.79 Å². The molecule has 0 aliphatic heterocycles. The lowest BCUT2D eigenvalue weighted by Gasteiger charge is -2.04. The number of aromatic nitrogens is 1. The summed E-state index contributed by atoms with van der Waals surface area (Å²) in [6.07, 6.45) is 0. The van der Waals surface area contributed by atoms with Crippen LogP contribution >= 0.6 is 0 Å². The van der Waals surface area contributed by atoms with Crippen molar-refractivity contribution in [2.75, 3.05) is 0 Å². The van der Waals surface area contributed by atoms with E-state index in [2.05, 4.69) is 9.41 Å². The van der Waals surface area contributed by atoms with Crippen LogP contribution in [0.25, 0.3) is 0 Å². The lowest BCUT2D eigenvalue weighted by atomic mass is 10.2. The monoisotopic (exact) mass is 274 g/mol. The number of rotatable bonds is 3. The standard InChI is InChI=1S/C14H14N2O4/c1-9(15-8-10-6-4-3-5-7-10)11-12(17)16(2)14(19)20-13(11)18/h3-7,18H,8H2,1-2H3. The summed E-state index contributed by atoms with van der Waals surface area (Å²) in [5.41, 5.74) is 0.562. The van der Waals surface area contributed by atoms with Gasteiger partial charge in [-0.25, -0.2) is 9.36 Å². The molecule has 0 spiro atoms. The fourth-order valence-electron chi connectivity index (χ4n) is 1.73. The first kappa shape index (κ1) is 13.8. The molecule has 6 nitrogen and oxygen atoms in total. The predicted molar refractivity (Wildman–Crippen MR) is 74.2 cm³/mol. The zero-order valence-corrected chi connectivity index (χ0v) is 11.2. The number of hydrogen-bond acceptors (Lipinski definition) is 5. The topological polar surface area (TPSA) is 84.8 Å². The third kappa shape index (κ3) is 2.69. The van der Waals surface area contributed by atoms with Crippen molar-refractivity contribution < 1.29 is 9.52 Å². The Morgan fingerprint density at radius 1 is 1.30 bits per heavy atom. The highest BCUT2D eigenvalue weighted by Crippen LogP contribution is 2.11. The number of aromatic hydroxyl groups is 1. The normalized spacial score (nSPS) is 11.6. The molecule has 20 heavy (non-hydrogen) atoms. The van der Waals surface area contributed by atoms with E-state index in [1.54, 1.807) is 6.92 Å². The van der Waals surface area contributed by atoms with Crippen LogP contribution in [0, 0.1) is 0 Å². The van der Waals surface area contributed by atoms with Gasteiger partial charge in [0.1, 0.15) is 5.56 Å². The van der Waals surface area contributed by atoms with Crippen molar-refractivity contribution in [3.05, 3.63) is 62.4 Å². The van der Waals surface area contributed by atoms with Gasteiger partial charge in [-0.2, -0.15) is 0 Å². The zero-order valence-electron chi connectivity index (χ0n) is 11.2. The Labute approximate surface area is 114 Å². The molecular formula is C14H14N2O4. The van der Waals surface area contributed by atoms with Crippen molar-refractivity contribution in [1.82, 2.24) is 4.57 Å². The van der Waals surface area contributed by atoms with Crippen LogP contribution < -0.4 is 11.3 Å². The molecule has 0 unspecified atom stereocenters. The molecule has 6 heteroatoms. The minimum Gasteiger partial charge on any atom is -0.480 e. The van der Waals surface area contributed by atoms with Crippen molar-refractivity contribution in [3.8, 4) is 5.95 Å². The lowest BCUT2D eigenvalue weighted by molar-refractivity contribution is 0.286. The van der Waals surface area contributed by atoms with Gasteiger partial charge in [0.15, 0.2) is 0 Å². The first-order chi connectivity index (χ1) is 9.50. The Balaban J connectivity index is 2.39. The maximum absolute atomic E-state index is 11.9. The number of benzene rings is 1. The van der Waals surface area contributed by atoms with E-state index in [-0.39, 0.29) is 5.56 Å². The van der Waals surface area contributed by atoms with E-state index in [0.29, 0.717) is 12.3 Å². The van der Waals surface area contributed by atoms with Crippen molar-refractivity contribution in [2.45, 2.75) is 13.5 Å². The van der Waals surface area contributed by atoms with E-state index in [1.807, 2.05) is 30.3 Å². The van der Waals surface area contributed by atoms with Crippen molar-refractivity contribution in [3.63, 3.8) is 0 Å². The Morgan fingerprint density at radius 3 is 2.60 bits per heavy atom. The Morgan fingerprint density at radius 2 is 1.95 bits per heavy atom. The van der Waals surface area contributed by atoms with Gasteiger partial charge in [-0.05, 0) is 12.5 Å². The largest absolute Gasteiger partial charge is 0.480 e. The molecule has 0 amide bonds. The van der Waals surface area contributed by atoms with E-state index in [1.165, 1.54) is 7.05 Å². The number of hydrogen-bond donors (Lipinski definition) is 1. The van der Waals surface area contributed by atoms with Gasteiger partial charge in [0, 0.05) is 7.05 Å². The number of aliphatic imine (C=N–C) groups is 1. The second kappa shape index (κ2) is 5.56. The second-order valence-electron chi connectivity index (χ2n) is 4.30. The molecular weight excluding hydrogens is 260 g/mol. The van der Waals surface area contributed by atoms with E-state index >= 15 is 0 Å². The maximum atomic E-state index is 11.9. The van der Waals surface area contributed by atoms with Gasteiger partial charge in [0.25, 0.3) is 5.56 Å². The SMILES string of the molecule is CC(=NCc1ccccc1)c1c(O)oc(=O)n(C)c1=O. The Bertz CT molecular complexity index is 757. The summed E-state index contributed by atoms with van der Waals surface area (Å²) in [6.45, 7) is 1.95. The van der Waals surface area contributed by atoms with Crippen molar-refractivity contribution in [2.24, 2.45) is 12.0 Å². The molecule has 0 aliphatic rings. The zero-order chi connectivity index (χ0) is 14.7. The van der Waals surface area contributed by atoms with Crippen LogP contribution in [-0.2, 0) is 13.6 Å². The fourth-order valence-corrected chi connectivity index (χ4v) is 1.73. The van der Waals surface area contributed by atoms with E-state index in [0.717, 1.165) is 10.1 Å². The van der Waals surface area contributed by atoms with Gasteiger partial charge in [-0.1, -0.05) is 30.3 Å². The first-order valence-electron chi connectivity index (χ1n) is 5.99. The molecule has 2 rings (SSSR count). The summed E-state index contributed by atoms with van der Waals surface area (Å²) in [6, 6.07) is 9.48. The molecule has 0 aliphatic carbocycles. The van der Waals surface area contributed by atoms with Crippen LogP contribution in [0.5, 0.6) is 5.95 Å². The fraction of sp³-hybridized carbons (Fsp3) is 0.214. The molecule has 104 valence electrons. The molecule has 0 saturated heterocycles. The van der Waals surface area contributed by atoms with Crippen molar-refractivity contribution in [1.29, 1.82) is 0 Å². The molecule has 1 N–H and O–H groups in total. The summed E-state index contributed by atoms with van der Waals surface area (Å²) >= 11 is 0. The maximum Gasteiger partial charge on any atom is 0.424 e. The average molecular weight is 274 g/mol. The molecule has 0 saturated carbocycles. The van der Waals surface area contributed by atoms with Gasteiger partial charge >= 0.3 is 11.7 Å². The summed E-state index contributed by atoms with van der Waals surface area (Å²) in [7, 11) is 1.28. The number of nitrogens with zero attached hydrogens (tertiary/aromatic N) is 2. The van der Waals surface area contributed by atoms with Gasteiger partial charge < -0.3 is 9.52 Å². The molecule has 0 fully saturated rings. The van der Waals surface area contributed by atoms with E-state index < -0.39 is 17.3 Å². The smallest absolute Gasteiger partial charge is 0.424 e. The van der Waals surface area contributed by atoms with Crippen LogP contribution in [0.3, 0.4) is 0 Å². The quantitative estimate of drug-likeness (QED) is 0.848. The summed E-state index contributed by atoms with van der Waals surface area (Å²) in [5.74, 6) is -1.61. The first-order valence-corrected chi connectivity index (χ1v) is 5.99. The van der Waals surface area contributed by atoms with Crippen molar-refractivity contribution >= 4 is 5.71 Å². The van der Waals surface area contributed by atoms with Crippen LogP contribution in [0.2, 0.25) is 0 Å². The molecule has 1 aromatic carbocycles. The molecule has 1 heterocycles. The van der Waals surface area contributed by atoms with Gasteiger partial charge in [0.2, 0.25) is 0 Å². The summed E-state index contributed by atoms with van der Waals surface area (Å²) in [5, 5.41) is 9.60. The van der Waals surface area contributed by atoms with Crippen LogP contribution in [0.15, 0.2) is 49.3 Å². The predicted octanol–water partition coefficient (Wildman–Crippen LogP) is 1.05. The highest BCUT2D eigenvalue weighted by molar-refractivity contribution is 5.99. The van der Waals surface area contributed by atoms with E-state index in [9.17, 15) is 14.7 Å². The third-order valence-corrected chi connectivity index (χ3v) is 2.89. The van der Waals surface area contributed by atoms with E-state index in [4.69, 9.17) is 0 Å². The van der Waals surface area contributed by atoms with Gasteiger partial charge in [0.05, 0.1) is 12.3 Å². The third-order valence-electron chi connectivity index (χ3n) is 2.89. The second-order valence-corrected chi connectivity index (χ2v) is 4.30. The lowest BCUT2D eigenvalue weighted by Crippen LogP contribution is -2.33. The molecule has 0 atom stereocenters. The minimum absolute atomic E-state index is 0.0944. The molecule has 1 aromatic heterocycles. The van der Waals surface area contributed by atoms with Crippen LogP contribution in [0.4, 0.5) is 0 Å². The average Bonchev–Trinajstić information content (AvgIpc) is 2.44. The van der Waals surface area contributed by atoms with Crippen LogP contribution in [0.1, 0.15) is 18.1 Å². The molecule has 0 radical (unpaired) electrons. The Kier molecular flexibility index (Phi) is 3.84. The van der Waals surface area contributed by atoms with Gasteiger partial charge in [-0.15, -0.1) is 0 Å². The molecule has 2 aromatic rings. The highest BCUT2D eigenvalue weighted by atomic mass is 16.5. The summed E-state index contributed by atoms with van der Waals surface area (Å²) < 4.78 is 5.36. The highest BCUT2D eigenvalue weighted by Gasteiger charge is 2.16. The minimum atomic E-state index is -0.910. The Hall–Kier alpha value is -2.63.